The lowest BCUT2D eigenvalue weighted by molar-refractivity contribution is -0.164. The SMILES string of the molecule is C[C@]12CC=C3C4=C(CCC3C1CC[C@]21OCCC1=C(F)F)CC1(CC4)OCCO1. The lowest BCUT2D eigenvalue weighted by Gasteiger charge is -2.51. The van der Waals surface area contributed by atoms with E-state index >= 15 is 0 Å². The maximum Gasteiger partial charge on any atom is 0.272 e. The number of rotatable bonds is 0. The van der Waals surface area contributed by atoms with Crippen molar-refractivity contribution < 1.29 is 23.0 Å². The van der Waals surface area contributed by atoms with E-state index in [1.54, 1.807) is 0 Å². The molecule has 5 heteroatoms. The Morgan fingerprint density at radius 3 is 2.62 bits per heavy atom. The fourth-order valence-electron chi connectivity index (χ4n) is 7.89. The largest absolute Gasteiger partial charge is 0.369 e. The van der Waals surface area contributed by atoms with Gasteiger partial charge in [0.05, 0.1) is 19.8 Å². The Labute approximate surface area is 171 Å². The molecular weight excluding hydrogens is 374 g/mol. The quantitative estimate of drug-likeness (QED) is 0.520. The molecule has 0 aromatic rings. The van der Waals surface area contributed by atoms with Gasteiger partial charge in [0.2, 0.25) is 0 Å². The Bertz CT molecular complexity index is 833. The predicted octanol–water partition coefficient (Wildman–Crippen LogP) is 5.68. The van der Waals surface area contributed by atoms with Gasteiger partial charge in [0.1, 0.15) is 5.60 Å². The minimum atomic E-state index is -1.50. The van der Waals surface area contributed by atoms with Gasteiger partial charge in [0.15, 0.2) is 5.79 Å². The number of allylic oxidation sites excluding steroid dienone is 3. The van der Waals surface area contributed by atoms with Crippen LogP contribution in [-0.2, 0) is 14.2 Å². The summed E-state index contributed by atoms with van der Waals surface area (Å²) in [5.41, 5.74) is 3.91. The minimum absolute atomic E-state index is 0.220. The van der Waals surface area contributed by atoms with E-state index in [1.165, 1.54) is 16.7 Å². The Balaban J connectivity index is 1.36. The van der Waals surface area contributed by atoms with Crippen LogP contribution in [0.4, 0.5) is 8.78 Å². The zero-order valence-corrected chi connectivity index (χ0v) is 17.2. The molecular formula is C24H30F2O3. The van der Waals surface area contributed by atoms with E-state index < -0.39 is 11.7 Å². The normalized spacial score (nSPS) is 42.9. The molecule has 2 heterocycles. The molecule has 6 aliphatic rings. The molecule has 0 amide bonds. The topological polar surface area (TPSA) is 27.7 Å². The van der Waals surface area contributed by atoms with Crippen molar-refractivity contribution in [2.45, 2.75) is 76.1 Å². The van der Waals surface area contributed by atoms with Crippen molar-refractivity contribution in [3.8, 4) is 0 Å². The van der Waals surface area contributed by atoms with Crippen LogP contribution in [0.1, 0.15) is 64.7 Å². The molecule has 4 atom stereocenters. The number of ether oxygens (including phenoxy) is 3. The first-order valence-corrected chi connectivity index (χ1v) is 11.4. The number of halogens is 2. The van der Waals surface area contributed by atoms with E-state index in [2.05, 4.69) is 13.0 Å². The van der Waals surface area contributed by atoms with Crippen molar-refractivity contribution in [1.82, 2.24) is 0 Å². The third-order valence-electron chi connectivity index (χ3n) is 9.18. The third-order valence-corrected chi connectivity index (χ3v) is 9.18. The molecule has 2 unspecified atom stereocenters. The summed E-state index contributed by atoms with van der Waals surface area (Å²) in [4.78, 5) is 0. The Morgan fingerprint density at radius 1 is 1.00 bits per heavy atom. The second-order valence-corrected chi connectivity index (χ2v) is 10.1. The fraction of sp³-hybridized carbons (Fsp3) is 0.750. The number of fused-ring (bicyclic) bond motifs is 5. The van der Waals surface area contributed by atoms with Crippen molar-refractivity contribution in [2.24, 2.45) is 17.3 Å². The van der Waals surface area contributed by atoms with Crippen LogP contribution in [-0.4, -0.2) is 31.2 Å². The van der Waals surface area contributed by atoms with Gasteiger partial charge in [-0.05, 0) is 61.5 Å². The molecule has 0 aromatic heterocycles. The van der Waals surface area contributed by atoms with Gasteiger partial charge < -0.3 is 14.2 Å². The van der Waals surface area contributed by atoms with Crippen LogP contribution >= 0.6 is 0 Å². The highest BCUT2D eigenvalue weighted by Crippen LogP contribution is 2.67. The first kappa shape index (κ1) is 18.7. The molecule has 29 heavy (non-hydrogen) atoms. The van der Waals surface area contributed by atoms with Gasteiger partial charge in [-0.3, -0.25) is 0 Å². The number of hydrogen-bond acceptors (Lipinski definition) is 3. The second-order valence-electron chi connectivity index (χ2n) is 10.1. The Morgan fingerprint density at radius 2 is 1.83 bits per heavy atom. The highest BCUT2D eigenvalue weighted by molar-refractivity contribution is 5.46. The minimum Gasteiger partial charge on any atom is -0.369 e. The molecule has 4 aliphatic carbocycles. The van der Waals surface area contributed by atoms with Gasteiger partial charge in [-0.15, -0.1) is 0 Å². The lowest BCUT2D eigenvalue weighted by atomic mass is 9.55. The average molecular weight is 404 g/mol. The summed E-state index contributed by atoms with van der Waals surface area (Å²) in [7, 11) is 0. The Kier molecular flexibility index (Phi) is 4.03. The molecule has 2 spiro atoms. The standard InChI is InChI=1S/C24H30F2O3/c1-22-8-4-17-16-5-9-23(27-12-13-28-23)14-15(16)2-3-18(17)19(22)6-10-24(22)20(21(25)26)7-11-29-24/h4,18-19H,2-3,5-14H2,1H3/t18?,19?,22-,24+/m0/s1. The summed E-state index contributed by atoms with van der Waals surface area (Å²) in [5.74, 6) is 0.543. The molecule has 1 saturated carbocycles. The van der Waals surface area contributed by atoms with E-state index in [1.807, 2.05) is 0 Å². The molecule has 0 bridgehead atoms. The van der Waals surface area contributed by atoms with Crippen molar-refractivity contribution >= 4 is 0 Å². The maximum atomic E-state index is 13.8. The lowest BCUT2D eigenvalue weighted by Crippen LogP contribution is -2.49. The molecule has 158 valence electrons. The zero-order valence-electron chi connectivity index (χ0n) is 17.2. The highest BCUT2D eigenvalue weighted by Gasteiger charge is 2.65. The number of hydrogen-bond donors (Lipinski definition) is 0. The molecule has 2 aliphatic heterocycles. The van der Waals surface area contributed by atoms with Crippen LogP contribution in [0.15, 0.2) is 34.4 Å². The van der Waals surface area contributed by atoms with Crippen LogP contribution in [0.25, 0.3) is 0 Å². The summed E-state index contributed by atoms with van der Waals surface area (Å²) in [5, 5.41) is 0. The average Bonchev–Trinajstić information content (AvgIpc) is 3.41. The summed E-state index contributed by atoms with van der Waals surface area (Å²) >= 11 is 0. The van der Waals surface area contributed by atoms with Crippen LogP contribution in [0.3, 0.4) is 0 Å². The molecule has 3 nitrogen and oxygen atoms in total. The first-order valence-electron chi connectivity index (χ1n) is 11.4. The van der Waals surface area contributed by atoms with Crippen LogP contribution in [0.2, 0.25) is 0 Å². The van der Waals surface area contributed by atoms with E-state index in [-0.39, 0.29) is 11.2 Å². The fourth-order valence-corrected chi connectivity index (χ4v) is 7.89. The summed E-state index contributed by atoms with van der Waals surface area (Å²) in [6.45, 7) is 4.08. The molecule has 2 saturated heterocycles. The molecule has 0 radical (unpaired) electrons. The smallest absolute Gasteiger partial charge is 0.272 e. The summed E-state index contributed by atoms with van der Waals surface area (Å²) in [6.07, 6.45) is 8.94. The highest BCUT2D eigenvalue weighted by atomic mass is 19.3. The molecule has 0 aromatic carbocycles. The predicted molar refractivity (Wildman–Crippen MR) is 104 cm³/mol. The molecule has 6 rings (SSSR count). The third kappa shape index (κ3) is 2.38. The van der Waals surface area contributed by atoms with E-state index in [0.29, 0.717) is 43.7 Å². The van der Waals surface area contributed by atoms with Crippen LogP contribution < -0.4 is 0 Å². The van der Waals surface area contributed by atoms with E-state index in [0.717, 1.165) is 51.4 Å². The first-order chi connectivity index (χ1) is 14.0. The van der Waals surface area contributed by atoms with E-state index in [4.69, 9.17) is 14.2 Å². The van der Waals surface area contributed by atoms with Gasteiger partial charge in [0.25, 0.3) is 6.08 Å². The summed E-state index contributed by atoms with van der Waals surface area (Å²) in [6, 6.07) is 0. The van der Waals surface area contributed by atoms with Gasteiger partial charge >= 0.3 is 0 Å². The molecule has 3 fully saturated rings. The molecule has 0 N–H and O–H groups in total. The van der Waals surface area contributed by atoms with Crippen molar-refractivity contribution in [2.75, 3.05) is 19.8 Å². The van der Waals surface area contributed by atoms with Gasteiger partial charge in [-0.2, -0.15) is 8.78 Å². The van der Waals surface area contributed by atoms with Crippen molar-refractivity contribution in [3.63, 3.8) is 0 Å². The monoisotopic (exact) mass is 404 g/mol. The second kappa shape index (κ2) is 6.24. The van der Waals surface area contributed by atoms with Gasteiger partial charge in [-0.1, -0.05) is 18.6 Å². The summed E-state index contributed by atoms with van der Waals surface area (Å²) < 4.78 is 45.8. The maximum absolute atomic E-state index is 13.8. The van der Waals surface area contributed by atoms with E-state index in [9.17, 15) is 8.78 Å². The van der Waals surface area contributed by atoms with Crippen molar-refractivity contribution in [3.05, 3.63) is 34.4 Å². The Hall–Kier alpha value is -1.04. The van der Waals surface area contributed by atoms with Crippen molar-refractivity contribution in [1.29, 1.82) is 0 Å². The van der Waals surface area contributed by atoms with Gasteiger partial charge in [-0.25, -0.2) is 0 Å². The zero-order chi connectivity index (χ0) is 19.9. The van der Waals surface area contributed by atoms with Crippen LogP contribution in [0.5, 0.6) is 0 Å². The van der Waals surface area contributed by atoms with Crippen LogP contribution in [0, 0.1) is 17.3 Å². The van der Waals surface area contributed by atoms with Gasteiger partial charge in [0, 0.05) is 30.3 Å².